The van der Waals surface area contributed by atoms with Crippen molar-refractivity contribution >= 4 is 0 Å². The SMILES string of the molecule is C=C/C(C)=C(\C)C(C)(C)/C(C)=C/C. The highest BCUT2D eigenvalue weighted by atomic mass is 14.3. The molecule has 0 bridgehead atoms. The first-order valence-corrected chi connectivity index (χ1v) is 4.81. The Labute approximate surface area is 83.0 Å². The normalized spacial score (nSPS) is 15.4. The van der Waals surface area contributed by atoms with E-state index < -0.39 is 0 Å². The fourth-order valence-corrected chi connectivity index (χ4v) is 1.30. The molecule has 0 aromatic heterocycles. The Balaban J connectivity index is 5.17. The monoisotopic (exact) mass is 178 g/mol. The van der Waals surface area contributed by atoms with Gasteiger partial charge < -0.3 is 0 Å². The van der Waals surface area contributed by atoms with E-state index in [0.717, 1.165) is 0 Å². The van der Waals surface area contributed by atoms with E-state index in [2.05, 4.69) is 54.2 Å². The van der Waals surface area contributed by atoms with Gasteiger partial charge in [0.15, 0.2) is 0 Å². The number of allylic oxidation sites excluding steroid dienone is 5. The summed E-state index contributed by atoms with van der Waals surface area (Å²) in [5.41, 5.74) is 4.25. The molecule has 0 heteroatoms. The highest BCUT2D eigenvalue weighted by Crippen LogP contribution is 2.35. The van der Waals surface area contributed by atoms with Crippen molar-refractivity contribution in [3.8, 4) is 0 Å². The molecule has 0 rings (SSSR count). The van der Waals surface area contributed by atoms with Gasteiger partial charge in [-0.1, -0.05) is 49.3 Å². The van der Waals surface area contributed by atoms with Crippen LogP contribution in [0.15, 0.2) is 35.5 Å². The van der Waals surface area contributed by atoms with E-state index in [1.54, 1.807) is 0 Å². The fraction of sp³-hybridized carbons (Fsp3) is 0.538. The molecule has 74 valence electrons. The molecule has 0 N–H and O–H groups in total. The van der Waals surface area contributed by atoms with Gasteiger partial charge in [0, 0.05) is 5.41 Å². The van der Waals surface area contributed by atoms with Gasteiger partial charge in [-0.3, -0.25) is 0 Å². The van der Waals surface area contributed by atoms with Gasteiger partial charge >= 0.3 is 0 Å². The molecule has 0 aromatic rings. The van der Waals surface area contributed by atoms with Crippen molar-refractivity contribution in [1.29, 1.82) is 0 Å². The Kier molecular flexibility index (Phi) is 4.19. The Morgan fingerprint density at radius 3 is 1.92 bits per heavy atom. The lowest BCUT2D eigenvalue weighted by molar-refractivity contribution is 0.533. The highest BCUT2D eigenvalue weighted by Gasteiger charge is 2.22. The lowest BCUT2D eigenvalue weighted by atomic mass is 9.76. The van der Waals surface area contributed by atoms with Crippen molar-refractivity contribution in [2.24, 2.45) is 5.41 Å². The highest BCUT2D eigenvalue weighted by molar-refractivity contribution is 5.32. The van der Waals surface area contributed by atoms with Gasteiger partial charge in [0.2, 0.25) is 0 Å². The molecule has 0 unspecified atom stereocenters. The van der Waals surface area contributed by atoms with Crippen molar-refractivity contribution < 1.29 is 0 Å². The summed E-state index contributed by atoms with van der Waals surface area (Å²) in [5.74, 6) is 0. The first-order valence-electron chi connectivity index (χ1n) is 4.81. The van der Waals surface area contributed by atoms with Crippen molar-refractivity contribution in [2.45, 2.75) is 41.5 Å². The quantitative estimate of drug-likeness (QED) is 0.441. The third kappa shape index (κ3) is 2.58. The molecule has 13 heavy (non-hydrogen) atoms. The topological polar surface area (TPSA) is 0 Å². The van der Waals surface area contributed by atoms with Crippen molar-refractivity contribution in [1.82, 2.24) is 0 Å². The molecule has 0 aliphatic carbocycles. The Morgan fingerprint density at radius 2 is 1.62 bits per heavy atom. The number of hydrogen-bond donors (Lipinski definition) is 0. The van der Waals surface area contributed by atoms with Gasteiger partial charge in [0.25, 0.3) is 0 Å². The number of hydrogen-bond acceptors (Lipinski definition) is 0. The smallest absolute Gasteiger partial charge is 0.00640 e. The minimum Gasteiger partial charge on any atom is -0.0988 e. The minimum atomic E-state index is 0.160. The fourth-order valence-electron chi connectivity index (χ4n) is 1.30. The van der Waals surface area contributed by atoms with Crippen LogP contribution in [0.5, 0.6) is 0 Å². The molecule has 0 aromatic carbocycles. The lowest BCUT2D eigenvalue weighted by Crippen LogP contribution is -2.15. The molecular formula is C13H22. The summed E-state index contributed by atoms with van der Waals surface area (Å²) in [7, 11) is 0. The summed E-state index contributed by atoms with van der Waals surface area (Å²) in [5, 5.41) is 0. The van der Waals surface area contributed by atoms with E-state index in [4.69, 9.17) is 0 Å². The van der Waals surface area contributed by atoms with E-state index in [9.17, 15) is 0 Å². The zero-order chi connectivity index (χ0) is 10.6. The molecule has 0 amide bonds. The van der Waals surface area contributed by atoms with Gasteiger partial charge in [0.05, 0.1) is 0 Å². The van der Waals surface area contributed by atoms with Crippen molar-refractivity contribution in [3.05, 3.63) is 35.5 Å². The Bertz CT molecular complexity index is 249. The van der Waals surface area contributed by atoms with Gasteiger partial charge in [0.1, 0.15) is 0 Å². The summed E-state index contributed by atoms with van der Waals surface area (Å²) in [6.45, 7) is 16.9. The van der Waals surface area contributed by atoms with Gasteiger partial charge in [-0.25, -0.2) is 0 Å². The lowest BCUT2D eigenvalue weighted by Gasteiger charge is -2.28. The second kappa shape index (κ2) is 4.45. The predicted molar refractivity (Wildman–Crippen MR) is 61.8 cm³/mol. The van der Waals surface area contributed by atoms with Crippen molar-refractivity contribution in [3.63, 3.8) is 0 Å². The van der Waals surface area contributed by atoms with E-state index in [-0.39, 0.29) is 5.41 Å². The van der Waals surface area contributed by atoms with Crippen LogP contribution in [-0.2, 0) is 0 Å². The summed E-state index contributed by atoms with van der Waals surface area (Å²) < 4.78 is 0. The molecule has 0 heterocycles. The van der Waals surface area contributed by atoms with Crippen LogP contribution in [0.25, 0.3) is 0 Å². The van der Waals surface area contributed by atoms with Crippen molar-refractivity contribution in [2.75, 3.05) is 0 Å². The maximum Gasteiger partial charge on any atom is 0.00640 e. The van der Waals surface area contributed by atoms with Crippen LogP contribution in [0.2, 0.25) is 0 Å². The van der Waals surface area contributed by atoms with Crippen LogP contribution < -0.4 is 0 Å². The third-order valence-electron chi connectivity index (χ3n) is 3.25. The zero-order valence-electron chi connectivity index (χ0n) is 9.86. The molecule has 0 aliphatic heterocycles. The summed E-state index contributed by atoms with van der Waals surface area (Å²) in [6, 6.07) is 0. The molecule has 0 nitrogen and oxygen atoms in total. The standard InChI is InChI=1S/C13H22/c1-8-10(3)12(5)13(6,7)11(4)9-2/h8-9H,1H2,2-7H3/b11-9+,12-10+. The maximum atomic E-state index is 3.80. The van der Waals surface area contributed by atoms with Crippen LogP contribution in [0.4, 0.5) is 0 Å². The molecule has 0 aliphatic rings. The molecule has 0 radical (unpaired) electrons. The van der Waals surface area contributed by atoms with Gasteiger partial charge in [-0.05, 0) is 27.7 Å². The molecule has 0 spiro atoms. The Morgan fingerprint density at radius 1 is 1.15 bits per heavy atom. The Hall–Kier alpha value is -0.780. The second-order valence-electron chi connectivity index (χ2n) is 4.11. The average Bonchev–Trinajstić information content (AvgIpc) is 2.13. The van der Waals surface area contributed by atoms with Gasteiger partial charge in [-0.2, -0.15) is 0 Å². The molecule has 0 atom stereocenters. The predicted octanol–water partition coefficient (Wildman–Crippen LogP) is 4.50. The molecule has 0 saturated carbocycles. The van der Waals surface area contributed by atoms with Crippen LogP contribution >= 0.6 is 0 Å². The third-order valence-corrected chi connectivity index (χ3v) is 3.25. The first-order chi connectivity index (χ1) is 5.87. The van der Waals surface area contributed by atoms with Crippen LogP contribution in [-0.4, -0.2) is 0 Å². The van der Waals surface area contributed by atoms with E-state index in [0.29, 0.717) is 0 Å². The summed E-state index contributed by atoms with van der Waals surface area (Å²) in [4.78, 5) is 0. The van der Waals surface area contributed by atoms with Crippen LogP contribution in [0, 0.1) is 5.41 Å². The van der Waals surface area contributed by atoms with Crippen LogP contribution in [0.1, 0.15) is 41.5 Å². The zero-order valence-corrected chi connectivity index (χ0v) is 9.86. The van der Waals surface area contributed by atoms with Gasteiger partial charge in [-0.15, -0.1) is 0 Å². The first kappa shape index (κ1) is 12.2. The second-order valence-corrected chi connectivity index (χ2v) is 4.11. The average molecular weight is 178 g/mol. The summed E-state index contributed by atoms with van der Waals surface area (Å²) in [6.07, 6.45) is 4.11. The molecular weight excluding hydrogens is 156 g/mol. The van der Waals surface area contributed by atoms with E-state index in [1.807, 2.05) is 6.08 Å². The van der Waals surface area contributed by atoms with E-state index >= 15 is 0 Å². The minimum absolute atomic E-state index is 0.160. The largest absolute Gasteiger partial charge is 0.0988 e. The number of rotatable bonds is 3. The maximum absolute atomic E-state index is 3.80. The molecule has 0 saturated heterocycles. The van der Waals surface area contributed by atoms with Crippen LogP contribution in [0.3, 0.4) is 0 Å². The van der Waals surface area contributed by atoms with E-state index in [1.165, 1.54) is 16.7 Å². The molecule has 0 fully saturated rings. The summed E-state index contributed by atoms with van der Waals surface area (Å²) >= 11 is 0.